The number of hydrogen-bond donors (Lipinski definition) is 1. The summed E-state index contributed by atoms with van der Waals surface area (Å²) in [5, 5.41) is 3.17. The van der Waals surface area contributed by atoms with Crippen molar-refractivity contribution in [2.24, 2.45) is 0 Å². The van der Waals surface area contributed by atoms with Crippen molar-refractivity contribution >= 4 is 17.5 Å². The Morgan fingerprint density at radius 2 is 2.19 bits per heavy atom. The second-order valence-electron chi connectivity index (χ2n) is 6.09. The third-order valence-electron chi connectivity index (χ3n) is 3.20. The highest BCUT2D eigenvalue weighted by molar-refractivity contribution is 6.29. The molecule has 1 aromatic rings. The molecule has 5 nitrogen and oxygen atoms in total. The molecule has 0 spiro atoms. The van der Waals surface area contributed by atoms with E-state index in [1.165, 1.54) is 0 Å². The normalized spacial score (nSPS) is 19.3. The lowest BCUT2D eigenvalue weighted by Crippen LogP contribution is -2.39. The molecule has 1 amide bonds. The Morgan fingerprint density at radius 1 is 1.43 bits per heavy atom. The number of ether oxygens (including phenoxy) is 2. The fourth-order valence-corrected chi connectivity index (χ4v) is 2.18. The number of amides is 1. The molecule has 1 aliphatic rings. The van der Waals surface area contributed by atoms with Gasteiger partial charge < -0.3 is 14.8 Å². The van der Waals surface area contributed by atoms with Gasteiger partial charge in [-0.15, -0.1) is 0 Å². The van der Waals surface area contributed by atoms with Gasteiger partial charge in [-0.2, -0.15) is 0 Å². The van der Waals surface area contributed by atoms with Gasteiger partial charge in [0, 0.05) is 23.2 Å². The molecule has 0 saturated carbocycles. The molecule has 6 heteroatoms. The van der Waals surface area contributed by atoms with Crippen LogP contribution in [0.5, 0.6) is 0 Å². The molecule has 1 fully saturated rings. The molecule has 1 saturated heterocycles. The predicted molar refractivity (Wildman–Crippen MR) is 80.8 cm³/mol. The molecule has 2 heterocycles. The second kappa shape index (κ2) is 6.73. The summed E-state index contributed by atoms with van der Waals surface area (Å²) >= 11 is 6.01. The minimum atomic E-state index is -0.182. The number of carbonyl (C=O) groups is 1. The van der Waals surface area contributed by atoms with Crippen molar-refractivity contribution in [3.8, 4) is 0 Å². The highest BCUT2D eigenvalue weighted by Gasteiger charge is 2.20. The highest BCUT2D eigenvalue weighted by atomic mass is 35.5. The van der Waals surface area contributed by atoms with Crippen LogP contribution < -0.4 is 5.32 Å². The molecule has 116 valence electrons. The summed E-state index contributed by atoms with van der Waals surface area (Å²) in [4.78, 5) is 16.5. The molecule has 21 heavy (non-hydrogen) atoms. The van der Waals surface area contributed by atoms with E-state index in [4.69, 9.17) is 21.1 Å². The van der Waals surface area contributed by atoms with Crippen molar-refractivity contribution in [1.82, 2.24) is 10.3 Å². The van der Waals surface area contributed by atoms with Gasteiger partial charge in [-0.3, -0.25) is 4.79 Å². The summed E-state index contributed by atoms with van der Waals surface area (Å²) in [5.74, 6) is -0.182. The zero-order chi connectivity index (χ0) is 15.5. The predicted octanol–water partition coefficient (Wildman–Crippen LogP) is 2.18. The maximum Gasteiger partial charge on any atom is 0.251 e. The molecular formula is C15H21ClN2O3. The van der Waals surface area contributed by atoms with Crippen LogP contribution in [0, 0.1) is 0 Å². The van der Waals surface area contributed by atoms with Crippen molar-refractivity contribution < 1.29 is 14.3 Å². The van der Waals surface area contributed by atoms with Crippen molar-refractivity contribution in [2.75, 3.05) is 26.4 Å². The molecule has 1 aliphatic heterocycles. The molecule has 2 rings (SSSR count). The summed E-state index contributed by atoms with van der Waals surface area (Å²) in [6, 6.07) is 3.35. The van der Waals surface area contributed by atoms with E-state index in [1.54, 1.807) is 12.1 Å². The third kappa shape index (κ3) is 4.66. The van der Waals surface area contributed by atoms with Crippen LogP contribution in [0.4, 0.5) is 0 Å². The largest absolute Gasteiger partial charge is 0.376 e. The van der Waals surface area contributed by atoms with Gasteiger partial charge in [-0.05, 0) is 12.1 Å². The molecule has 1 unspecified atom stereocenters. The first-order chi connectivity index (χ1) is 9.86. The van der Waals surface area contributed by atoms with Gasteiger partial charge in [0.15, 0.2) is 0 Å². The molecule has 1 N–H and O–H groups in total. The van der Waals surface area contributed by atoms with Crippen molar-refractivity contribution in [1.29, 1.82) is 0 Å². The summed E-state index contributed by atoms with van der Waals surface area (Å²) in [5.41, 5.74) is 1.13. The number of nitrogens with one attached hydrogen (secondary N) is 1. The first-order valence-electron chi connectivity index (χ1n) is 7.02. The summed E-state index contributed by atoms with van der Waals surface area (Å²) in [6.45, 7) is 8.19. The number of halogens is 1. The van der Waals surface area contributed by atoms with Crippen LogP contribution in [0.3, 0.4) is 0 Å². The number of hydrogen-bond acceptors (Lipinski definition) is 4. The number of rotatable bonds is 3. The summed E-state index contributed by atoms with van der Waals surface area (Å²) < 4.78 is 10.8. The van der Waals surface area contributed by atoms with E-state index < -0.39 is 0 Å². The Morgan fingerprint density at radius 3 is 2.81 bits per heavy atom. The maximum atomic E-state index is 12.2. The lowest BCUT2D eigenvalue weighted by atomic mass is 9.91. The topological polar surface area (TPSA) is 60.5 Å². The Labute approximate surface area is 130 Å². The molecule has 1 atom stereocenters. The second-order valence-corrected chi connectivity index (χ2v) is 6.48. The first-order valence-corrected chi connectivity index (χ1v) is 7.39. The number of nitrogens with zero attached hydrogens (tertiary/aromatic N) is 1. The summed E-state index contributed by atoms with van der Waals surface area (Å²) in [6.07, 6.45) is -0.0953. The quantitative estimate of drug-likeness (QED) is 0.869. The van der Waals surface area contributed by atoms with Gasteiger partial charge in [-0.1, -0.05) is 32.4 Å². The highest BCUT2D eigenvalue weighted by Crippen LogP contribution is 2.23. The van der Waals surface area contributed by atoms with Gasteiger partial charge in [0.25, 0.3) is 5.91 Å². The maximum absolute atomic E-state index is 12.2. The average Bonchev–Trinajstić information content (AvgIpc) is 2.44. The van der Waals surface area contributed by atoms with Crippen molar-refractivity contribution in [3.05, 3.63) is 28.5 Å². The first kappa shape index (κ1) is 16.2. The smallest absolute Gasteiger partial charge is 0.251 e. The molecule has 0 bridgehead atoms. The minimum Gasteiger partial charge on any atom is -0.376 e. The van der Waals surface area contributed by atoms with Gasteiger partial charge >= 0.3 is 0 Å². The van der Waals surface area contributed by atoms with Gasteiger partial charge in [-0.25, -0.2) is 4.98 Å². The fraction of sp³-hybridized carbons (Fsp3) is 0.600. The van der Waals surface area contributed by atoms with E-state index in [-0.39, 0.29) is 17.4 Å². The van der Waals surface area contributed by atoms with Crippen LogP contribution in [0.2, 0.25) is 5.15 Å². The third-order valence-corrected chi connectivity index (χ3v) is 3.39. The van der Waals surface area contributed by atoms with E-state index in [9.17, 15) is 4.79 Å². The standard InChI is InChI=1S/C15H21ClN2O3/c1-15(2,3)12-6-10(7-13(16)18-12)14(19)17-8-11-9-20-4-5-21-11/h6-7,11H,4-5,8-9H2,1-3H3,(H,17,19). The Bertz CT molecular complexity index is 508. The Balaban J connectivity index is 2.03. The van der Waals surface area contributed by atoms with E-state index in [1.807, 2.05) is 20.8 Å². The van der Waals surface area contributed by atoms with Crippen LogP contribution in [0.15, 0.2) is 12.1 Å². The van der Waals surface area contributed by atoms with E-state index >= 15 is 0 Å². The monoisotopic (exact) mass is 312 g/mol. The Kier molecular flexibility index (Phi) is 5.19. The lowest BCUT2D eigenvalue weighted by molar-refractivity contribution is -0.0855. The van der Waals surface area contributed by atoms with Crippen molar-refractivity contribution in [2.45, 2.75) is 32.3 Å². The van der Waals surface area contributed by atoms with E-state index in [0.29, 0.717) is 37.1 Å². The molecule has 1 aromatic heterocycles. The molecule has 0 aliphatic carbocycles. The number of pyridine rings is 1. The van der Waals surface area contributed by atoms with Crippen LogP contribution in [0.1, 0.15) is 36.8 Å². The molecule has 0 aromatic carbocycles. The van der Waals surface area contributed by atoms with Gasteiger partial charge in [0.2, 0.25) is 0 Å². The van der Waals surface area contributed by atoms with E-state index in [2.05, 4.69) is 10.3 Å². The Hall–Kier alpha value is -1.17. The SMILES string of the molecule is CC(C)(C)c1cc(C(=O)NCC2COCCO2)cc(Cl)n1. The molecular weight excluding hydrogens is 292 g/mol. The zero-order valence-corrected chi connectivity index (χ0v) is 13.4. The van der Waals surface area contributed by atoms with Crippen LogP contribution in [-0.2, 0) is 14.9 Å². The summed E-state index contributed by atoms with van der Waals surface area (Å²) in [7, 11) is 0. The number of aromatic nitrogens is 1. The van der Waals surface area contributed by atoms with Gasteiger partial charge in [0.05, 0.1) is 25.9 Å². The van der Waals surface area contributed by atoms with Crippen LogP contribution in [-0.4, -0.2) is 43.4 Å². The minimum absolute atomic E-state index is 0.0953. The van der Waals surface area contributed by atoms with Crippen molar-refractivity contribution in [3.63, 3.8) is 0 Å². The number of carbonyl (C=O) groups excluding carboxylic acids is 1. The van der Waals surface area contributed by atoms with Crippen LogP contribution in [0.25, 0.3) is 0 Å². The zero-order valence-electron chi connectivity index (χ0n) is 12.6. The van der Waals surface area contributed by atoms with Gasteiger partial charge in [0.1, 0.15) is 5.15 Å². The molecule has 0 radical (unpaired) electrons. The lowest BCUT2D eigenvalue weighted by Gasteiger charge is -2.23. The van der Waals surface area contributed by atoms with Crippen LogP contribution >= 0.6 is 11.6 Å². The fourth-order valence-electron chi connectivity index (χ4n) is 1.98. The average molecular weight is 313 g/mol. The van der Waals surface area contributed by atoms with E-state index in [0.717, 1.165) is 5.69 Å².